The highest BCUT2D eigenvalue weighted by Gasteiger charge is 2.28. The van der Waals surface area contributed by atoms with E-state index >= 15 is 0 Å². The highest BCUT2D eigenvalue weighted by atomic mass is 32.1. The Morgan fingerprint density at radius 2 is 1.85 bits per heavy atom. The fourth-order valence-corrected chi connectivity index (χ4v) is 3.00. The van der Waals surface area contributed by atoms with Crippen molar-refractivity contribution >= 4 is 34.9 Å². The van der Waals surface area contributed by atoms with Gasteiger partial charge in [-0.1, -0.05) is 18.2 Å². The summed E-state index contributed by atoms with van der Waals surface area (Å²) in [6.07, 6.45) is 2.25. The highest BCUT2D eigenvalue weighted by molar-refractivity contribution is 7.80. The van der Waals surface area contributed by atoms with Gasteiger partial charge in [0.1, 0.15) is 5.76 Å². The second kappa shape index (κ2) is 8.00. The standard InChI is InChI=1S/C18H19N5O3S/c1-10-14-12(20-23-18(19)27)8-5-9-13(14)26-15(10)17(25)22-21-16(24)11-6-3-2-4-7-11/h2-4,6-7H,5,8-9H2,1H3,(H,21,24)(H,22,25)(H3,19,23,27)/b20-12+. The molecule has 1 aliphatic carbocycles. The van der Waals surface area contributed by atoms with Gasteiger partial charge in [0.15, 0.2) is 10.9 Å². The zero-order valence-electron chi connectivity index (χ0n) is 14.7. The molecule has 27 heavy (non-hydrogen) atoms. The van der Waals surface area contributed by atoms with E-state index in [1.165, 1.54) is 0 Å². The van der Waals surface area contributed by atoms with Gasteiger partial charge in [0, 0.05) is 23.1 Å². The van der Waals surface area contributed by atoms with E-state index in [0.717, 1.165) is 24.1 Å². The maximum atomic E-state index is 12.5. The minimum absolute atomic E-state index is 0.0670. The number of carbonyl (C=O) groups excluding carboxylic acids is 2. The monoisotopic (exact) mass is 385 g/mol. The fourth-order valence-electron chi connectivity index (χ4n) is 2.95. The minimum atomic E-state index is -0.534. The summed E-state index contributed by atoms with van der Waals surface area (Å²) in [6, 6.07) is 8.58. The van der Waals surface area contributed by atoms with Crippen LogP contribution in [-0.2, 0) is 6.42 Å². The van der Waals surface area contributed by atoms with Crippen molar-refractivity contribution in [2.24, 2.45) is 10.8 Å². The molecule has 0 aliphatic heterocycles. The number of hydrazine groups is 1. The van der Waals surface area contributed by atoms with Crippen molar-refractivity contribution in [3.8, 4) is 0 Å². The number of furan rings is 1. The summed E-state index contributed by atoms with van der Waals surface area (Å²) in [7, 11) is 0. The molecule has 9 heteroatoms. The number of carbonyl (C=O) groups is 2. The summed E-state index contributed by atoms with van der Waals surface area (Å²) < 4.78 is 5.74. The van der Waals surface area contributed by atoms with E-state index in [2.05, 4.69) is 21.4 Å². The molecule has 1 heterocycles. The number of aryl methyl sites for hydroxylation is 1. The Kier molecular flexibility index (Phi) is 5.51. The summed E-state index contributed by atoms with van der Waals surface area (Å²) in [5.41, 5.74) is 15.4. The Bertz CT molecular complexity index is 921. The molecule has 0 unspecified atom stereocenters. The average molecular weight is 385 g/mol. The number of nitrogens with one attached hydrogen (secondary N) is 3. The van der Waals surface area contributed by atoms with Crippen molar-refractivity contribution in [2.75, 3.05) is 0 Å². The van der Waals surface area contributed by atoms with Crippen LogP contribution in [0.25, 0.3) is 0 Å². The SMILES string of the molecule is Cc1c(C(=O)NNC(=O)c2ccccc2)oc2c1/C(=N/NC(N)=S)CCC2. The van der Waals surface area contributed by atoms with Gasteiger partial charge in [-0.2, -0.15) is 5.10 Å². The van der Waals surface area contributed by atoms with Crippen molar-refractivity contribution < 1.29 is 14.0 Å². The zero-order valence-corrected chi connectivity index (χ0v) is 15.5. The molecule has 2 amide bonds. The molecule has 0 atom stereocenters. The molecule has 3 rings (SSSR count). The van der Waals surface area contributed by atoms with Crippen LogP contribution >= 0.6 is 12.2 Å². The molecular formula is C18H19N5O3S. The van der Waals surface area contributed by atoms with Crippen LogP contribution in [-0.4, -0.2) is 22.6 Å². The van der Waals surface area contributed by atoms with Crippen LogP contribution in [0.2, 0.25) is 0 Å². The quantitative estimate of drug-likeness (QED) is 0.470. The third kappa shape index (κ3) is 4.14. The van der Waals surface area contributed by atoms with E-state index in [-0.39, 0.29) is 10.9 Å². The van der Waals surface area contributed by atoms with Crippen LogP contribution < -0.4 is 22.0 Å². The minimum Gasteiger partial charge on any atom is -0.455 e. The van der Waals surface area contributed by atoms with Gasteiger partial charge < -0.3 is 10.2 Å². The predicted molar refractivity (Wildman–Crippen MR) is 104 cm³/mol. The third-order valence-electron chi connectivity index (χ3n) is 4.16. The van der Waals surface area contributed by atoms with E-state index in [9.17, 15) is 9.59 Å². The molecule has 0 radical (unpaired) electrons. The molecule has 1 aliphatic rings. The molecule has 0 bridgehead atoms. The Hall–Kier alpha value is -3.20. The molecule has 0 fully saturated rings. The maximum Gasteiger partial charge on any atom is 0.305 e. The number of benzene rings is 1. The summed E-state index contributed by atoms with van der Waals surface area (Å²) in [5, 5.41) is 4.28. The lowest BCUT2D eigenvalue weighted by atomic mass is 9.93. The van der Waals surface area contributed by atoms with E-state index < -0.39 is 11.8 Å². The molecule has 0 saturated heterocycles. The van der Waals surface area contributed by atoms with Crippen molar-refractivity contribution in [2.45, 2.75) is 26.2 Å². The lowest BCUT2D eigenvalue weighted by molar-refractivity contribution is 0.0829. The van der Waals surface area contributed by atoms with Crippen molar-refractivity contribution in [3.05, 3.63) is 58.5 Å². The van der Waals surface area contributed by atoms with Gasteiger partial charge in [0.2, 0.25) is 0 Å². The van der Waals surface area contributed by atoms with Crippen LogP contribution in [0, 0.1) is 6.92 Å². The second-order valence-corrected chi connectivity index (χ2v) is 6.46. The topological polar surface area (TPSA) is 122 Å². The van der Waals surface area contributed by atoms with Crippen LogP contribution in [0.4, 0.5) is 0 Å². The highest BCUT2D eigenvalue weighted by Crippen LogP contribution is 2.29. The van der Waals surface area contributed by atoms with Gasteiger partial charge in [-0.3, -0.25) is 25.9 Å². The Balaban J connectivity index is 1.76. The number of hydrogen-bond acceptors (Lipinski definition) is 5. The normalized spacial score (nSPS) is 14.3. The third-order valence-corrected chi connectivity index (χ3v) is 4.25. The van der Waals surface area contributed by atoms with Gasteiger partial charge in [-0.15, -0.1) is 0 Å². The number of fused-ring (bicyclic) bond motifs is 1. The first-order valence-electron chi connectivity index (χ1n) is 8.37. The molecule has 1 aromatic heterocycles. The van der Waals surface area contributed by atoms with Crippen LogP contribution in [0.3, 0.4) is 0 Å². The van der Waals surface area contributed by atoms with E-state index in [4.69, 9.17) is 22.4 Å². The van der Waals surface area contributed by atoms with Crippen LogP contribution in [0.5, 0.6) is 0 Å². The molecule has 5 N–H and O–H groups in total. The summed E-state index contributed by atoms with van der Waals surface area (Å²) in [5.74, 6) is -0.131. The lowest BCUT2D eigenvalue weighted by Crippen LogP contribution is -2.41. The molecule has 0 saturated carbocycles. The summed E-state index contributed by atoms with van der Waals surface area (Å²) in [6.45, 7) is 1.78. The first-order valence-corrected chi connectivity index (χ1v) is 8.78. The Labute approximate surface area is 161 Å². The first-order chi connectivity index (χ1) is 13.0. The van der Waals surface area contributed by atoms with Crippen LogP contribution in [0.1, 0.15) is 50.6 Å². The fraction of sp³-hybridized carbons (Fsp3) is 0.222. The zero-order chi connectivity index (χ0) is 19.4. The van der Waals surface area contributed by atoms with Crippen molar-refractivity contribution in [1.29, 1.82) is 0 Å². The number of nitrogens with two attached hydrogens (primary N) is 1. The van der Waals surface area contributed by atoms with Gasteiger partial charge in [-0.05, 0) is 44.1 Å². The molecule has 0 spiro atoms. The van der Waals surface area contributed by atoms with E-state index in [1.807, 2.05) is 0 Å². The molecule has 1 aromatic carbocycles. The second-order valence-electron chi connectivity index (χ2n) is 6.02. The molecule has 8 nitrogen and oxygen atoms in total. The molecule has 2 aromatic rings. The van der Waals surface area contributed by atoms with Gasteiger partial charge in [0.25, 0.3) is 5.91 Å². The smallest absolute Gasteiger partial charge is 0.305 e. The van der Waals surface area contributed by atoms with E-state index in [1.54, 1.807) is 37.3 Å². The van der Waals surface area contributed by atoms with Crippen molar-refractivity contribution in [1.82, 2.24) is 16.3 Å². The Morgan fingerprint density at radius 1 is 1.15 bits per heavy atom. The number of nitrogens with zero attached hydrogens (tertiary/aromatic N) is 1. The van der Waals surface area contributed by atoms with Crippen LogP contribution in [0.15, 0.2) is 39.9 Å². The molecule has 140 valence electrons. The lowest BCUT2D eigenvalue weighted by Gasteiger charge is -2.13. The van der Waals surface area contributed by atoms with E-state index in [0.29, 0.717) is 23.3 Å². The van der Waals surface area contributed by atoms with Gasteiger partial charge in [-0.25, -0.2) is 0 Å². The van der Waals surface area contributed by atoms with Crippen molar-refractivity contribution in [3.63, 3.8) is 0 Å². The molecular weight excluding hydrogens is 366 g/mol. The van der Waals surface area contributed by atoms with Gasteiger partial charge >= 0.3 is 5.91 Å². The number of rotatable bonds is 3. The van der Waals surface area contributed by atoms with Gasteiger partial charge in [0.05, 0.1) is 5.71 Å². The number of hydrazone groups is 1. The number of amides is 2. The Morgan fingerprint density at radius 3 is 2.56 bits per heavy atom. The first kappa shape index (κ1) is 18.6. The summed E-state index contributed by atoms with van der Waals surface area (Å²) in [4.78, 5) is 24.5. The number of thiocarbonyl (C=S) groups is 1. The maximum absolute atomic E-state index is 12.5. The predicted octanol–water partition coefficient (Wildman–Crippen LogP) is 1.54. The summed E-state index contributed by atoms with van der Waals surface area (Å²) >= 11 is 4.77. The number of hydrogen-bond donors (Lipinski definition) is 4. The average Bonchev–Trinajstić information content (AvgIpc) is 3.02. The largest absolute Gasteiger partial charge is 0.455 e.